The van der Waals surface area contributed by atoms with Gasteiger partial charge in [-0.2, -0.15) is 5.10 Å². The first-order valence-corrected chi connectivity index (χ1v) is 9.01. The third-order valence-corrected chi connectivity index (χ3v) is 4.81. The van der Waals surface area contributed by atoms with E-state index in [1.165, 1.54) is 4.90 Å². The van der Waals surface area contributed by atoms with Gasteiger partial charge in [-0.25, -0.2) is 4.68 Å². The maximum absolute atomic E-state index is 12.9. The first-order chi connectivity index (χ1) is 13.1. The second-order valence-electron chi connectivity index (χ2n) is 6.30. The fraction of sp³-hybridized carbons (Fsp3) is 0.0952. The van der Waals surface area contributed by atoms with Crippen LogP contribution in [0.25, 0.3) is 11.8 Å². The Balaban J connectivity index is 1.72. The number of aromatic nitrogens is 2. The normalized spacial score (nSPS) is 15.5. The number of aryl methyl sites for hydroxylation is 1. The molecular formula is C21H18N4OS. The zero-order valence-corrected chi connectivity index (χ0v) is 15.8. The highest BCUT2D eigenvalue weighted by Gasteiger charge is 2.32. The molecule has 1 fully saturated rings. The number of hydrogen-bond donors (Lipinski definition) is 1. The van der Waals surface area contributed by atoms with E-state index in [9.17, 15) is 4.79 Å². The van der Waals surface area contributed by atoms with Crippen LogP contribution in [0.5, 0.6) is 0 Å². The second kappa shape index (κ2) is 6.81. The number of nitrogens with zero attached hydrogens (tertiary/aromatic N) is 3. The zero-order valence-electron chi connectivity index (χ0n) is 15.0. The fourth-order valence-electron chi connectivity index (χ4n) is 3.18. The van der Waals surface area contributed by atoms with Crippen molar-refractivity contribution >= 4 is 35.0 Å². The lowest BCUT2D eigenvalue weighted by atomic mass is 10.1. The minimum atomic E-state index is -0.169. The van der Waals surface area contributed by atoms with Crippen molar-refractivity contribution < 1.29 is 4.79 Å². The summed E-state index contributed by atoms with van der Waals surface area (Å²) in [6.45, 7) is 3.93. The van der Waals surface area contributed by atoms with E-state index in [4.69, 9.17) is 12.2 Å². The number of benzene rings is 2. The summed E-state index contributed by atoms with van der Waals surface area (Å²) in [4.78, 5) is 14.4. The Labute approximate surface area is 162 Å². The van der Waals surface area contributed by atoms with Crippen molar-refractivity contribution in [3.8, 4) is 5.69 Å². The van der Waals surface area contributed by atoms with Gasteiger partial charge in [0.15, 0.2) is 5.11 Å². The molecule has 0 spiro atoms. The number of anilines is 1. The predicted molar refractivity (Wildman–Crippen MR) is 111 cm³/mol. The van der Waals surface area contributed by atoms with E-state index in [1.807, 2.05) is 85.3 Å². The molecule has 0 aliphatic carbocycles. The average Bonchev–Trinajstić information content (AvgIpc) is 3.13. The van der Waals surface area contributed by atoms with Crippen LogP contribution in [0.2, 0.25) is 0 Å². The van der Waals surface area contributed by atoms with Crippen LogP contribution in [0.15, 0.2) is 66.4 Å². The number of thiocarbonyl (C=S) groups is 1. The Bertz CT molecular complexity index is 1050. The zero-order chi connectivity index (χ0) is 19.0. The summed E-state index contributed by atoms with van der Waals surface area (Å²) in [5.74, 6) is -0.169. The molecule has 0 atom stereocenters. The minimum absolute atomic E-state index is 0.169. The molecule has 4 rings (SSSR count). The van der Waals surface area contributed by atoms with Crippen molar-refractivity contribution in [1.29, 1.82) is 0 Å². The smallest absolute Gasteiger partial charge is 0.281 e. The summed E-state index contributed by atoms with van der Waals surface area (Å²) in [6.07, 6.45) is 1.83. The van der Waals surface area contributed by atoms with E-state index < -0.39 is 0 Å². The van der Waals surface area contributed by atoms with Crippen LogP contribution in [0.4, 0.5) is 5.69 Å². The van der Waals surface area contributed by atoms with Crippen LogP contribution in [0.3, 0.4) is 0 Å². The first-order valence-electron chi connectivity index (χ1n) is 8.60. The molecule has 1 aliphatic heterocycles. The molecule has 27 heavy (non-hydrogen) atoms. The number of carbonyl (C=O) groups is 1. The molecule has 1 amide bonds. The maximum Gasteiger partial charge on any atom is 0.281 e. The van der Waals surface area contributed by atoms with Gasteiger partial charge in [-0.3, -0.25) is 9.69 Å². The molecule has 134 valence electrons. The Morgan fingerprint density at radius 2 is 1.56 bits per heavy atom. The molecule has 5 nitrogen and oxygen atoms in total. The molecule has 3 aromatic rings. The van der Waals surface area contributed by atoms with Crippen molar-refractivity contribution in [2.45, 2.75) is 13.8 Å². The van der Waals surface area contributed by atoms with Gasteiger partial charge in [0.25, 0.3) is 5.91 Å². The highest BCUT2D eigenvalue weighted by molar-refractivity contribution is 7.80. The van der Waals surface area contributed by atoms with E-state index in [0.717, 1.165) is 28.3 Å². The van der Waals surface area contributed by atoms with Crippen molar-refractivity contribution in [2.75, 3.05) is 4.90 Å². The second-order valence-corrected chi connectivity index (χ2v) is 6.68. The molecule has 2 heterocycles. The third-order valence-electron chi connectivity index (χ3n) is 4.53. The topological polar surface area (TPSA) is 50.2 Å². The SMILES string of the molecule is Cc1nn(-c2ccccc2)c(C)c1/C=C1\NC(=S)N(c2ccccc2)C1=O. The van der Waals surface area contributed by atoms with Crippen LogP contribution in [-0.4, -0.2) is 20.8 Å². The molecule has 6 heteroatoms. The number of para-hydroxylation sites is 2. The van der Waals surface area contributed by atoms with Gasteiger partial charge in [0.05, 0.1) is 17.1 Å². The summed E-state index contributed by atoms with van der Waals surface area (Å²) in [5.41, 5.74) is 4.90. The summed E-state index contributed by atoms with van der Waals surface area (Å²) in [5, 5.41) is 8.04. The van der Waals surface area contributed by atoms with Gasteiger partial charge in [0.1, 0.15) is 5.70 Å². The van der Waals surface area contributed by atoms with Gasteiger partial charge in [0.2, 0.25) is 0 Å². The van der Waals surface area contributed by atoms with Crippen molar-refractivity contribution in [2.24, 2.45) is 0 Å². The molecule has 1 aliphatic rings. The van der Waals surface area contributed by atoms with E-state index in [-0.39, 0.29) is 5.91 Å². The van der Waals surface area contributed by atoms with Gasteiger partial charge in [0, 0.05) is 11.3 Å². The van der Waals surface area contributed by atoms with Gasteiger partial charge >= 0.3 is 0 Å². The van der Waals surface area contributed by atoms with E-state index in [1.54, 1.807) is 0 Å². The van der Waals surface area contributed by atoms with Crippen molar-refractivity contribution in [3.05, 3.63) is 83.3 Å². The molecule has 2 aromatic carbocycles. The summed E-state index contributed by atoms with van der Waals surface area (Å²) < 4.78 is 1.88. The summed E-state index contributed by atoms with van der Waals surface area (Å²) in [7, 11) is 0. The average molecular weight is 374 g/mol. The first kappa shape index (κ1) is 17.2. The van der Waals surface area contributed by atoms with Crippen molar-refractivity contribution in [3.63, 3.8) is 0 Å². The Hall–Kier alpha value is -3.25. The van der Waals surface area contributed by atoms with Crippen LogP contribution in [0, 0.1) is 13.8 Å². The highest BCUT2D eigenvalue weighted by atomic mass is 32.1. The lowest BCUT2D eigenvalue weighted by Gasteiger charge is -2.13. The molecule has 1 saturated heterocycles. The molecule has 0 unspecified atom stereocenters. The molecule has 0 bridgehead atoms. The number of carbonyl (C=O) groups excluding carboxylic acids is 1. The Morgan fingerprint density at radius 1 is 0.963 bits per heavy atom. The van der Waals surface area contributed by atoms with Crippen LogP contribution in [0.1, 0.15) is 17.0 Å². The van der Waals surface area contributed by atoms with Gasteiger partial charge in [-0.15, -0.1) is 0 Å². The van der Waals surface area contributed by atoms with Gasteiger partial charge in [-0.1, -0.05) is 36.4 Å². The molecule has 1 N–H and O–H groups in total. The van der Waals surface area contributed by atoms with Crippen molar-refractivity contribution in [1.82, 2.24) is 15.1 Å². The third kappa shape index (κ3) is 3.04. The maximum atomic E-state index is 12.9. The minimum Gasteiger partial charge on any atom is -0.327 e. The predicted octanol–water partition coefficient (Wildman–Crippen LogP) is 3.75. The summed E-state index contributed by atoms with van der Waals surface area (Å²) in [6, 6.07) is 19.3. The largest absolute Gasteiger partial charge is 0.327 e. The van der Waals surface area contributed by atoms with E-state index in [0.29, 0.717) is 10.8 Å². The van der Waals surface area contributed by atoms with Crippen LogP contribution >= 0.6 is 12.2 Å². The van der Waals surface area contributed by atoms with Gasteiger partial charge in [-0.05, 0) is 56.4 Å². The monoisotopic (exact) mass is 374 g/mol. The van der Waals surface area contributed by atoms with E-state index >= 15 is 0 Å². The standard InChI is InChI=1S/C21H18N4OS/c1-14-18(15(2)25(23-14)17-11-7-4-8-12-17)13-19-20(26)24(21(27)22-19)16-9-5-3-6-10-16/h3-13H,1-2H3,(H,22,27)/b19-13-. The molecule has 1 aromatic heterocycles. The lowest BCUT2D eigenvalue weighted by Crippen LogP contribution is -2.30. The molecule has 0 radical (unpaired) electrons. The van der Waals surface area contributed by atoms with E-state index in [2.05, 4.69) is 10.4 Å². The van der Waals surface area contributed by atoms with Crippen LogP contribution < -0.4 is 10.2 Å². The molecular weight excluding hydrogens is 356 g/mol. The quantitative estimate of drug-likeness (QED) is 0.560. The number of amides is 1. The number of nitrogens with one attached hydrogen (secondary N) is 1. The highest BCUT2D eigenvalue weighted by Crippen LogP contribution is 2.25. The fourth-order valence-corrected chi connectivity index (χ4v) is 3.47. The van der Waals surface area contributed by atoms with Crippen LogP contribution in [-0.2, 0) is 4.79 Å². The number of hydrogen-bond acceptors (Lipinski definition) is 3. The lowest BCUT2D eigenvalue weighted by molar-refractivity contribution is -0.113. The Kier molecular flexibility index (Phi) is 4.33. The summed E-state index contributed by atoms with van der Waals surface area (Å²) >= 11 is 5.37. The number of rotatable bonds is 3. The Morgan fingerprint density at radius 3 is 2.19 bits per heavy atom. The molecule has 0 saturated carbocycles. The van der Waals surface area contributed by atoms with Gasteiger partial charge < -0.3 is 5.32 Å².